The number of hydrogen-bond acceptors (Lipinski definition) is 14. The number of aliphatic hydroxyl groups excluding tert-OH is 2. The van der Waals surface area contributed by atoms with Crippen molar-refractivity contribution in [3.63, 3.8) is 0 Å². The number of allylic oxidation sites excluding steroid dienone is 8. The summed E-state index contributed by atoms with van der Waals surface area (Å²) in [5.74, 6) is -1.57. The van der Waals surface area contributed by atoms with E-state index in [2.05, 4.69) is 69.4 Å². The highest BCUT2D eigenvalue weighted by atomic mass is 31.2. The minimum absolute atomic E-state index is 0.112. The zero-order chi connectivity index (χ0) is 59.6. The lowest BCUT2D eigenvalue weighted by atomic mass is 10.1. The number of carbonyl (C=O) groups is 3. The van der Waals surface area contributed by atoms with E-state index in [9.17, 15) is 43.5 Å². The van der Waals surface area contributed by atoms with Gasteiger partial charge in [0, 0.05) is 19.3 Å². The van der Waals surface area contributed by atoms with Crippen LogP contribution in [-0.2, 0) is 55.8 Å². The normalized spacial score (nSPS) is 14.7. The average Bonchev–Trinajstić information content (AvgIpc) is 3.45. The Morgan fingerprint density at radius 3 is 1.00 bits per heavy atom. The molecule has 16 nitrogen and oxygen atoms in total. The van der Waals surface area contributed by atoms with Gasteiger partial charge in [-0.2, -0.15) is 0 Å². The van der Waals surface area contributed by atoms with Crippen molar-refractivity contribution in [2.75, 3.05) is 39.6 Å². The molecule has 5 unspecified atom stereocenters. The van der Waals surface area contributed by atoms with Crippen LogP contribution in [-0.4, -0.2) is 95.9 Å². The highest BCUT2D eigenvalue weighted by molar-refractivity contribution is 7.47. The quantitative estimate of drug-likeness (QED) is 0.0146. The van der Waals surface area contributed by atoms with Crippen LogP contribution in [0.5, 0.6) is 0 Å². The second-order valence-electron chi connectivity index (χ2n) is 21.6. The highest BCUT2D eigenvalue weighted by Crippen LogP contribution is 2.45. The van der Waals surface area contributed by atoms with Crippen molar-refractivity contribution >= 4 is 33.6 Å². The van der Waals surface area contributed by atoms with Crippen LogP contribution in [0.4, 0.5) is 0 Å². The molecule has 0 radical (unpaired) electrons. The molecule has 0 aromatic carbocycles. The van der Waals surface area contributed by atoms with Crippen molar-refractivity contribution in [3.8, 4) is 0 Å². The predicted octanol–water partition coefficient (Wildman–Crippen LogP) is 16.9. The molecule has 0 heterocycles. The van der Waals surface area contributed by atoms with Crippen LogP contribution in [0.25, 0.3) is 0 Å². The first-order valence-corrected chi connectivity index (χ1v) is 34.9. The molecule has 0 saturated carbocycles. The van der Waals surface area contributed by atoms with Crippen molar-refractivity contribution < 1.29 is 75.8 Å². The summed E-state index contributed by atoms with van der Waals surface area (Å²) >= 11 is 0. The van der Waals surface area contributed by atoms with Crippen LogP contribution in [0.2, 0.25) is 0 Å². The van der Waals surface area contributed by atoms with Gasteiger partial charge in [0.2, 0.25) is 0 Å². The number of carbonyl (C=O) groups excluding carboxylic acids is 3. The van der Waals surface area contributed by atoms with E-state index in [1.807, 2.05) is 0 Å². The summed E-state index contributed by atoms with van der Waals surface area (Å²) < 4.78 is 60.6. The first kappa shape index (κ1) is 78.5. The number of rotatable bonds is 61. The van der Waals surface area contributed by atoms with Crippen LogP contribution in [0.1, 0.15) is 278 Å². The monoisotopic (exact) mass is 1190 g/mol. The van der Waals surface area contributed by atoms with Gasteiger partial charge in [0.25, 0.3) is 0 Å². The SMILES string of the molecule is CCCCC/C=C\C/C=C\C/C=C\C/C=C\CCCCCCCCCC(=O)OCC(O)COP(=O)(O)OCC(O)COP(=O)(O)OCC(COC(=O)CCCCCCCCCCCCC)OC(=O)CCCCCCCCCCCCC. The van der Waals surface area contributed by atoms with Gasteiger partial charge >= 0.3 is 33.6 Å². The number of phosphoric acid groups is 2. The Labute approximate surface area is 491 Å². The standard InChI is InChI=1S/C63H116O16P2/c1-4-7-10-13-16-19-22-23-24-25-26-27-28-29-30-31-32-33-36-38-40-43-46-49-61(66)73-52-58(64)53-75-80(69,70)76-54-59(65)55-77-81(71,72)78-57-60(79-63(68)51-48-45-42-39-35-21-18-15-12-9-6-3)56-74-62(67)50-47-44-41-37-34-20-17-14-11-8-5-2/h16,19,23-24,26-27,29-30,58-60,64-65H,4-15,17-18,20-22,25,28,31-57H2,1-3H3,(H,69,70)(H,71,72)/b19-16-,24-23-,27-26-,30-29-. The lowest BCUT2D eigenvalue weighted by Crippen LogP contribution is -2.30. The summed E-state index contributed by atoms with van der Waals surface area (Å²) in [6.07, 6.45) is 54.7. The van der Waals surface area contributed by atoms with E-state index in [0.29, 0.717) is 19.3 Å². The lowest BCUT2D eigenvalue weighted by molar-refractivity contribution is -0.161. The van der Waals surface area contributed by atoms with E-state index in [1.54, 1.807) is 0 Å². The Balaban J connectivity index is 4.48. The molecule has 0 aromatic rings. The third-order valence-corrected chi connectivity index (χ3v) is 15.5. The third-order valence-electron chi connectivity index (χ3n) is 13.6. The number of esters is 3. The summed E-state index contributed by atoms with van der Waals surface area (Å²) in [7, 11) is -9.74. The average molecular weight is 1190 g/mol. The molecule has 0 saturated heterocycles. The third kappa shape index (κ3) is 59.1. The molecular weight excluding hydrogens is 1070 g/mol. The molecule has 0 aliphatic heterocycles. The van der Waals surface area contributed by atoms with Gasteiger partial charge in [-0.1, -0.05) is 243 Å². The Hall–Kier alpha value is -2.49. The maximum absolute atomic E-state index is 12.8. The number of unbranched alkanes of at least 4 members (excludes halogenated alkanes) is 30. The molecule has 474 valence electrons. The second kappa shape index (κ2) is 57.9. The van der Waals surface area contributed by atoms with Crippen LogP contribution in [0.3, 0.4) is 0 Å². The number of phosphoric ester groups is 2. The van der Waals surface area contributed by atoms with Crippen LogP contribution >= 0.6 is 15.6 Å². The van der Waals surface area contributed by atoms with Crippen LogP contribution in [0.15, 0.2) is 48.6 Å². The van der Waals surface area contributed by atoms with E-state index >= 15 is 0 Å². The molecule has 0 rings (SSSR count). The topological polar surface area (TPSA) is 231 Å². The van der Waals surface area contributed by atoms with Gasteiger partial charge in [-0.3, -0.25) is 32.5 Å². The molecule has 0 amide bonds. The Morgan fingerprint density at radius 1 is 0.346 bits per heavy atom. The number of ether oxygens (including phenoxy) is 3. The summed E-state index contributed by atoms with van der Waals surface area (Å²) in [6, 6.07) is 0. The molecule has 0 fully saturated rings. The van der Waals surface area contributed by atoms with Gasteiger partial charge in [-0.25, -0.2) is 9.13 Å². The fourth-order valence-electron chi connectivity index (χ4n) is 8.61. The van der Waals surface area contributed by atoms with Crippen molar-refractivity contribution in [2.45, 2.75) is 296 Å². The Kier molecular flexibility index (Phi) is 56.1. The molecule has 0 aromatic heterocycles. The molecule has 0 aliphatic carbocycles. The van der Waals surface area contributed by atoms with Crippen molar-refractivity contribution in [2.24, 2.45) is 0 Å². The number of aliphatic hydroxyl groups is 2. The summed E-state index contributed by atoms with van der Waals surface area (Å²) in [6.45, 7) is 2.62. The molecule has 0 spiro atoms. The molecule has 4 N–H and O–H groups in total. The molecule has 18 heteroatoms. The Morgan fingerprint density at radius 2 is 0.617 bits per heavy atom. The lowest BCUT2D eigenvalue weighted by Gasteiger charge is -2.21. The van der Waals surface area contributed by atoms with Gasteiger partial charge in [0.15, 0.2) is 6.10 Å². The smallest absolute Gasteiger partial charge is 0.463 e. The maximum Gasteiger partial charge on any atom is 0.472 e. The highest BCUT2D eigenvalue weighted by Gasteiger charge is 2.29. The van der Waals surface area contributed by atoms with Gasteiger partial charge in [0.1, 0.15) is 25.4 Å². The van der Waals surface area contributed by atoms with Crippen LogP contribution < -0.4 is 0 Å². The Bertz CT molecular complexity index is 1690. The van der Waals surface area contributed by atoms with Gasteiger partial charge in [-0.05, 0) is 64.2 Å². The minimum Gasteiger partial charge on any atom is -0.463 e. The zero-order valence-electron chi connectivity index (χ0n) is 51.0. The van der Waals surface area contributed by atoms with Gasteiger partial charge in [0.05, 0.1) is 26.4 Å². The first-order chi connectivity index (χ1) is 39.2. The summed E-state index contributed by atoms with van der Waals surface area (Å²) in [5, 5.41) is 20.5. The molecule has 0 bridgehead atoms. The minimum atomic E-state index is -4.90. The van der Waals surface area contributed by atoms with Crippen LogP contribution in [0, 0.1) is 0 Å². The van der Waals surface area contributed by atoms with E-state index in [4.69, 9.17) is 32.3 Å². The maximum atomic E-state index is 12.8. The predicted molar refractivity (Wildman–Crippen MR) is 326 cm³/mol. The fourth-order valence-corrected chi connectivity index (χ4v) is 10.2. The van der Waals surface area contributed by atoms with Crippen molar-refractivity contribution in [1.29, 1.82) is 0 Å². The molecular formula is C63H116O16P2. The second-order valence-corrected chi connectivity index (χ2v) is 24.5. The van der Waals surface area contributed by atoms with Gasteiger partial charge < -0.3 is 34.2 Å². The molecule has 0 aliphatic rings. The van der Waals surface area contributed by atoms with E-state index in [-0.39, 0.29) is 19.3 Å². The van der Waals surface area contributed by atoms with E-state index < -0.39 is 91.5 Å². The largest absolute Gasteiger partial charge is 0.472 e. The van der Waals surface area contributed by atoms with Crippen molar-refractivity contribution in [1.82, 2.24) is 0 Å². The van der Waals surface area contributed by atoms with E-state index in [0.717, 1.165) is 109 Å². The van der Waals surface area contributed by atoms with Crippen molar-refractivity contribution in [3.05, 3.63) is 48.6 Å². The van der Waals surface area contributed by atoms with Gasteiger partial charge in [-0.15, -0.1) is 0 Å². The zero-order valence-corrected chi connectivity index (χ0v) is 52.7. The first-order valence-electron chi connectivity index (χ1n) is 31.9. The summed E-state index contributed by atoms with van der Waals surface area (Å²) in [5.41, 5.74) is 0. The number of hydrogen-bond donors (Lipinski definition) is 4. The molecule has 5 atom stereocenters. The van der Waals surface area contributed by atoms with E-state index in [1.165, 1.54) is 109 Å². The molecule has 81 heavy (non-hydrogen) atoms. The summed E-state index contributed by atoms with van der Waals surface area (Å²) in [4.78, 5) is 58.0. The fraction of sp³-hybridized carbons (Fsp3) is 0.825.